The van der Waals surface area contributed by atoms with Gasteiger partial charge >= 0.3 is 0 Å². The largest absolute Gasteiger partial charge is 0.288 e. The Bertz CT molecular complexity index is 496. The fraction of sp³-hybridized carbons (Fsp3) is 0. The molecule has 5 heteroatoms. The van der Waals surface area contributed by atoms with Gasteiger partial charge in [0, 0.05) is 11.2 Å². The zero-order chi connectivity index (χ0) is 10.8. The molecule has 0 atom stereocenters. The molecule has 1 heterocycles. The Hall–Kier alpha value is -1.68. The summed E-state index contributed by atoms with van der Waals surface area (Å²) < 4.78 is 13.4. The fourth-order valence-electron chi connectivity index (χ4n) is 1.20. The number of aromatic nitrogens is 2. The van der Waals surface area contributed by atoms with Gasteiger partial charge in [0.25, 0.3) is 0 Å². The van der Waals surface area contributed by atoms with Gasteiger partial charge in [-0.3, -0.25) is 9.89 Å². The number of ketones is 1. The standard InChI is InChI=1S/C10H6ClFN2O/c11-7-1-2-8(9(12)3-7)10(15)6-4-13-14-5-6/h1-5H,(H,13,14). The lowest BCUT2D eigenvalue weighted by Gasteiger charge is -2.00. The van der Waals surface area contributed by atoms with Gasteiger partial charge in [0.15, 0.2) is 5.78 Å². The molecule has 0 saturated heterocycles. The Morgan fingerprint density at radius 1 is 1.47 bits per heavy atom. The fourth-order valence-corrected chi connectivity index (χ4v) is 1.36. The van der Waals surface area contributed by atoms with Crippen LogP contribution in [0, 0.1) is 5.82 Å². The molecule has 0 bridgehead atoms. The smallest absolute Gasteiger partial charge is 0.199 e. The van der Waals surface area contributed by atoms with Crippen molar-refractivity contribution in [2.75, 3.05) is 0 Å². The Morgan fingerprint density at radius 2 is 2.27 bits per heavy atom. The Morgan fingerprint density at radius 3 is 2.87 bits per heavy atom. The maximum absolute atomic E-state index is 13.4. The first-order chi connectivity index (χ1) is 7.18. The minimum atomic E-state index is -0.631. The molecular formula is C10H6ClFN2O. The van der Waals surface area contributed by atoms with Gasteiger partial charge in [0.05, 0.1) is 17.3 Å². The van der Waals surface area contributed by atoms with Crippen molar-refractivity contribution in [3.63, 3.8) is 0 Å². The molecular weight excluding hydrogens is 219 g/mol. The molecule has 0 aliphatic carbocycles. The number of rotatable bonds is 2. The number of aromatic amines is 1. The van der Waals surface area contributed by atoms with E-state index in [-0.39, 0.29) is 10.6 Å². The summed E-state index contributed by atoms with van der Waals surface area (Å²) in [4.78, 5) is 11.7. The number of halogens is 2. The van der Waals surface area contributed by atoms with Crippen LogP contribution in [0.3, 0.4) is 0 Å². The molecule has 2 aromatic rings. The second-order valence-corrected chi connectivity index (χ2v) is 3.38. The van der Waals surface area contributed by atoms with E-state index in [0.29, 0.717) is 5.56 Å². The van der Waals surface area contributed by atoms with Gasteiger partial charge in [0.2, 0.25) is 0 Å². The maximum Gasteiger partial charge on any atom is 0.199 e. The van der Waals surface area contributed by atoms with Crippen molar-refractivity contribution < 1.29 is 9.18 Å². The van der Waals surface area contributed by atoms with Crippen LogP contribution in [0.15, 0.2) is 30.6 Å². The van der Waals surface area contributed by atoms with E-state index in [1.807, 2.05) is 0 Å². The lowest BCUT2D eigenvalue weighted by Crippen LogP contribution is -2.02. The van der Waals surface area contributed by atoms with Crippen LogP contribution in [0.25, 0.3) is 0 Å². The van der Waals surface area contributed by atoms with E-state index in [2.05, 4.69) is 10.2 Å². The summed E-state index contributed by atoms with van der Waals surface area (Å²) in [5.74, 6) is -1.05. The number of nitrogens with zero attached hydrogens (tertiary/aromatic N) is 1. The lowest BCUT2D eigenvalue weighted by molar-refractivity contribution is 0.103. The van der Waals surface area contributed by atoms with Crippen LogP contribution in [-0.4, -0.2) is 16.0 Å². The van der Waals surface area contributed by atoms with Crippen LogP contribution >= 0.6 is 11.6 Å². The molecule has 0 unspecified atom stereocenters. The lowest BCUT2D eigenvalue weighted by atomic mass is 10.1. The first-order valence-electron chi connectivity index (χ1n) is 4.17. The molecule has 2 rings (SSSR count). The summed E-state index contributed by atoms with van der Waals surface area (Å²) in [5, 5.41) is 6.37. The summed E-state index contributed by atoms with van der Waals surface area (Å²) in [5.41, 5.74) is 0.303. The normalized spacial score (nSPS) is 10.3. The number of hydrogen-bond donors (Lipinski definition) is 1. The molecule has 76 valence electrons. The highest BCUT2D eigenvalue weighted by atomic mass is 35.5. The molecule has 0 spiro atoms. The third kappa shape index (κ3) is 1.89. The summed E-state index contributed by atoms with van der Waals surface area (Å²) in [7, 11) is 0. The SMILES string of the molecule is O=C(c1cn[nH]c1)c1ccc(Cl)cc1F. The van der Waals surface area contributed by atoms with E-state index in [1.54, 1.807) is 0 Å². The Balaban J connectivity index is 2.42. The summed E-state index contributed by atoms with van der Waals surface area (Å²) in [6.07, 6.45) is 2.76. The van der Waals surface area contributed by atoms with Crippen molar-refractivity contribution in [1.82, 2.24) is 10.2 Å². The summed E-state index contributed by atoms with van der Waals surface area (Å²) >= 11 is 5.58. The monoisotopic (exact) mass is 224 g/mol. The zero-order valence-corrected chi connectivity index (χ0v) is 8.25. The third-order valence-electron chi connectivity index (χ3n) is 1.94. The van der Waals surface area contributed by atoms with Crippen molar-refractivity contribution >= 4 is 17.4 Å². The number of benzene rings is 1. The van der Waals surface area contributed by atoms with Gasteiger partial charge in [-0.2, -0.15) is 5.10 Å². The molecule has 0 amide bonds. The van der Waals surface area contributed by atoms with E-state index in [0.717, 1.165) is 6.07 Å². The average molecular weight is 225 g/mol. The zero-order valence-electron chi connectivity index (χ0n) is 7.50. The minimum Gasteiger partial charge on any atom is -0.288 e. The third-order valence-corrected chi connectivity index (χ3v) is 2.17. The Kier molecular flexibility index (Phi) is 2.51. The predicted octanol–water partition coefficient (Wildman–Crippen LogP) is 2.43. The number of H-pyrrole nitrogens is 1. The first-order valence-corrected chi connectivity index (χ1v) is 4.55. The highest BCUT2D eigenvalue weighted by Crippen LogP contribution is 2.17. The topological polar surface area (TPSA) is 45.8 Å². The van der Waals surface area contributed by atoms with Gasteiger partial charge in [0.1, 0.15) is 5.82 Å². The number of carbonyl (C=O) groups excluding carboxylic acids is 1. The predicted molar refractivity (Wildman–Crippen MR) is 53.4 cm³/mol. The quantitative estimate of drug-likeness (QED) is 0.797. The number of hydrogen-bond acceptors (Lipinski definition) is 2. The van der Waals surface area contributed by atoms with E-state index in [1.165, 1.54) is 24.5 Å². The average Bonchev–Trinajstić information content (AvgIpc) is 2.69. The van der Waals surface area contributed by atoms with Gasteiger partial charge < -0.3 is 0 Å². The number of carbonyl (C=O) groups is 1. The molecule has 0 aliphatic heterocycles. The number of nitrogens with one attached hydrogen (secondary N) is 1. The van der Waals surface area contributed by atoms with Gasteiger partial charge in [-0.05, 0) is 18.2 Å². The van der Waals surface area contributed by atoms with Crippen molar-refractivity contribution in [1.29, 1.82) is 0 Å². The van der Waals surface area contributed by atoms with Crippen LogP contribution in [-0.2, 0) is 0 Å². The van der Waals surface area contributed by atoms with Gasteiger partial charge in [-0.1, -0.05) is 11.6 Å². The van der Waals surface area contributed by atoms with Crippen LogP contribution in [0.4, 0.5) is 4.39 Å². The molecule has 1 aromatic carbocycles. The molecule has 1 aromatic heterocycles. The van der Waals surface area contributed by atoms with Crippen LogP contribution in [0.2, 0.25) is 5.02 Å². The van der Waals surface area contributed by atoms with Gasteiger partial charge in [-0.15, -0.1) is 0 Å². The maximum atomic E-state index is 13.4. The van der Waals surface area contributed by atoms with E-state index in [9.17, 15) is 9.18 Å². The van der Waals surface area contributed by atoms with Crippen molar-refractivity contribution in [2.24, 2.45) is 0 Å². The molecule has 0 fully saturated rings. The second-order valence-electron chi connectivity index (χ2n) is 2.94. The molecule has 3 nitrogen and oxygen atoms in total. The summed E-state index contributed by atoms with van der Waals surface area (Å²) in [6, 6.07) is 3.93. The van der Waals surface area contributed by atoms with Gasteiger partial charge in [-0.25, -0.2) is 4.39 Å². The van der Waals surface area contributed by atoms with Crippen LogP contribution < -0.4 is 0 Å². The molecule has 1 N–H and O–H groups in total. The van der Waals surface area contributed by atoms with E-state index < -0.39 is 11.6 Å². The van der Waals surface area contributed by atoms with Crippen molar-refractivity contribution in [3.05, 3.63) is 52.6 Å². The minimum absolute atomic E-state index is 0.0131. The highest BCUT2D eigenvalue weighted by molar-refractivity contribution is 6.30. The van der Waals surface area contributed by atoms with Crippen LogP contribution in [0.5, 0.6) is 0 Å². The molecule has 0 aliphatic rings. The summed E-state index contributed by atoms with van der Waals surface area (Å²) in [6.45, 7) is 0. The first kappa shape index (κ1) is 9.86. The molecule has 0 saturated carbocycles. The van der Waals surface area contributed by atoms with Crippen molar-refractivity contribution in [3.8, 4) is 0 Å². The highest BCUT2D eigenvalue weighted by Gasteiger charge is 2.14. The van der Waals surface area contributed by atoms with E-state index in [4.69, 9.17) is 11.6 Å². The van der Waals surface area contributed by atoms with Crippen molar-refractivity contribution in [2.45, 2.75) is 0 Å². The second kappa shape index (κ2) is 3.82. The molecule has 15 heavy (non-hydrogen) atoms. The van der Waals surface area contributed by atoms with Crippen LogP contribution in [0.1, 0.15) is 15.9 Å². The Labute approximate surface area is 89.9 Å². The molecule has 0 radical (unpaired) electrons. The van der Waals surface area contributed by atoms with E-state index >= 15 is 0 Å².